The van der Waals surface area contributed by atoms with E-state index in [0.29, 0.717) is 36.5 Å². The average Bonchev–Trinajstić information content (AvgIpc) is 2.71. The van der Waals surface area contributed by atoms with Crippen molar-refractivity contribution in [3.05, 3.63) is 86.9 Å². The number of nitriles is 1. The van der Waals surface area contributed by atoms with Crippen molar-refractivity contribution in [1.29, 1.82) is 5.26 Å². The Bertz CT molecular complexity index is 1140. The number of halogens is 1. The van der Waals surface area contributed by atoms with Crippen molar-refractivity contribution in [3.63, 3.8) is 0 Å². The molecule has 0 saturated heterocycles. The number of carbonyl (C=O) groups is 1. The van der Waals surface area contributed by atoms with Gasteiger partial charge in [-0.15, -0.1) is 0 Å². The molecule has 1 heterocycles. The molecule has 2 N–H and O–H groups in total. The van der Waals surface area contributed by atoms with Crippen LogP contribution in [0.4, 0.5) is 0 Å². The zero-order valence-corrected chi connectivity index (χ0v) is 19.0. The Kier molecular flexibility index (Phi) is 5.63. The van der Waals surface area contributed by atoms with Crippen LogP contribution in [0.25, 0.3) is 0 Å². The molecule has 5 nitrogen and oxygen atoms in total. The van der Waals surface area contributed by atoms with Crippen molar-refractivity contribution in [2.75, 3.05) is 0 Å². The van der Waals surface area contributed by atoms with E-state index >= 15 is 0 Å². The maximum Gasteiger partial charge on any atom is 0.205 e. The Morgan fingerprint density at radius 3 is 2.61 bits per heavy atom. The fourth-order valence-corrected chi connectivity index (χ4v) is 4.45. The zero-order valence-electron chi connectivity index (χ0n) is 17.4. The van der Waals surface area contributed by atoms with Crippen molar-refractivity contribution in [2.45, 2.75) is 39.2 Å². The molecule has 1 atom stereocenters. The van der Waals surface area contributed by atoms with Gasteiger partial charge in [-0.3, -0.25) is 4.79 Å². The predicted molar refractivity (Wildman–Crippen MR) is 121 cm³/mol. The van der Waals surface area contributed by atoms with Gasteiger partial charge >= 0.3 is 0 Å². The molecule has 0 aromatic heterocycles. The van der Waals surface area contributed by atoms with Gasteiger partial charge in [0.15, 0.2) is 5.78 Å². The van der Waals surface area contributed by atoms with Crippen molar-refractivity contribution < 1.29 is 14.3 Å². The minimum Gasteiger partial charge on any atom is -0.489 e. The fraction of sp³-hybridized carbons (Fsp3) is 0.280. The van der Waals surface area contributed by atoms with Gasteiger partial charge in [-0.1, -0.05) is 60.1 Å². The second-order valence-corrected chi connectivity index (χ2v) is 9.57. The van der Waals surface area contributed by atoms with Crippen LogP contribution in [-0.4, -0.2) is 5.78 Å². The highest BCUT2D eigenvalue weighted by Crippen LogP contribution is 2.49. The number of Topliss-reactive ketones (excluding diaryl/α,β-unsaturated/α-hetero) is 1. The Hall–Kier alpha value is -3.04. The summed E-state index contributed by atoms with van der Waals surface area (Å²) in [6, 6.07) is 17.5. The fourth-order valence-electron chi connectivity index (χ4n) is 4.19. The molecule has 6 heteroatoms. The van der Waals surface area contributed by atoms with Crippen molar-refractivity contribution in [2.24, 2.45) is 11.1 Å². The predicted octanol–water partition coefficient (Wildman–Crippen LogP) is 5.48. The lowest BCUT2D eigenvalue weighted by Crippen LogP contribution is -2.33. The number of allylic oxidation sites excluding steroid dienone is 3. The van der Waals surface area contributed by atoms with E-state index in [2.05, 4.69) is 22.0 Å². The minimum atomic E-state index is -0.599. The van der Waals surface area contributed by atoms with E-state index in [9.17, 15) is 10.1 Å². The number of nitrogens with two attached hydrogens (primary N) is 1. The van der Waals surface area contributed by atoms with Crippen LogP contribution in [0.2, 0.25) is 0 Å². The van der Waals surface area contributed by atoms with Gasteiger partial charge in [0.2, 0.25) is 5.88 Å². The molecule has 2 aliphatic rings. The summed E-state index contributed by atoms with van der Waals surface area (Å²) < 4.78 is 12.9. The maximum absolute atomic E-state index is 13.2. The van der Waals surface area contributed by atoms with E-state index in [4.69, 9.17) is 15.2 Å². The smallest absolute Gasteiger partial charge is 0.205 e. The lowest BCUT2D eigenvalue weighted by atomic mass is 9.70. The topological polar surface area (TPSA) is 85.3 Å². The van der Waals surface area contributed by atoms with Gasteiger partial charge < -0.3 is 15.2 Å². The number of carbonyl (C=O) groups excluding carboxylic acids is 1. The summed E-state index contributed by atoms with van der Waals surface area (Å²) in [5.41, 5.74) is 8.42. The molecule has 1 aliphatic heterocycles. The molecule has 1 aliphatic carbocycles. The van der Waals surface area contributed by atoms with Gasteiger partial charge in [-0.05, 0) is 29.2 Å². The first-order valence-corrected chi connectivity index (χ1v) is 10.9. The van der Waals surface area contributed by atoms with Crippen LogP contribution >= 0.6 is 15.9 Å². The molecule has 0 amide bonds. The largest absolute Gasteiger partial charge is 0.489 e. The zero-order chi connectivity index (χ0) is 22.2. The summed E-state index contributed by atoms with van der Waals surface area (Å²) in [7, 11) is 0. The lowest BCUT2D eigenvalue weighted by Gasteiger charge is -2.37. The summed E-state index contributed by atoms with van der Waals surface area (Å²) in [6.07, 6.45) is 0.984. The molecule has 0 spiro atoms. The highest BCUT2D eigenvalue weighted by Gasteiger charge is 2.43. The van der Waals surface area contributed by atoms with E-state index in [1.54, 1.807) is 0 Å². The molecule has 2 aromatic rings. The van der Waals surface area contributed by atoms with Crippen LogP contribution in [0.3, 0.4) is 0 Å². The number of nitrogens with zero attached hydrogens (tertiary/aromatic N) is 1. The van der Waals surface area contributed by atoms with Gasteiger partial charge in [0, 0.05) is 28.5 Å². The molecule has 0 radical (unpaired) electrons. The van der Waals surface area contributed by atoms with Crippen molar-refractivity contribution >= 4 is 21.7 Å². The van der Waals surface area contributed by atoms with Gasteiger partial charge in [-0.25, -0.2) is 0 Å². The molecule has 31 heavy (non-hydrogen) atoms. The van der Waals surface area contributed by atoms with E-state index in [0.717, 1.165) is 15.6 Å². The first-order valence-electron chi connectivity index (χ1n) is 10.1. The second-order valence-electron chi connectivity index (χ2n) is 8.66. The molecule has 158 valence electrons. The molecule has 0 fully saturated rings. The van der Waals surface area contributed by atoms with Crippen molar-refractivity contribution in [3.8, 4) is 11.8 Å². The van der Waals surface area contributed by atoms with Gasteiger partial charge in [0.1, 0.15) is 29.8 Å². The quantitative estimate of drug-likeness (QED) is 0.628. The summed E-state index contributed by atoms with van der Waals surface area (Å²) in [4.78, 5) is 13.2. The summed E-state index contributed by atoms with van der Waals surface area (Å²) in [6.45, 7) is 4.42. The SMILES string of the molecule is CC1(C)CC(=O)C2=C(C1)OC(N)=C(C#N)[C@H]2c1ccccc1OCc1ccc(Br)cc1. The molecule has 0 saturated carbocycles. The monoisotopic (exact) mass is 478 g/mol. The van der Waals surface area contributed by atoms with E-state index in [1.807, 2.05) is 62.4 Å². The highest BCUT2D eigenvalue weighted by atomic mass is 79.9. The van der Waals surface area contributed by atoms with E-state index in [-0.39, 0.29) is 22.7 Å². The highest BCUT2D eigenvalue weighted by molar-refractivity contribution is 9.10. The van der Waals surface area contributed by atoms with Crippen LogP contribution in [0.1, 0.15) is 43.7 Å². The van der Waals surface area contributed by atoms with Gasteiger partial charge in [0.05, 0.1) is 5.92 Å². The van der Waals surface area contributed by atoms with Crippen LogP contribution in [-0.2, 0) is 16.1 Å². The Morgan fingerprint density at radius 2 is 1.90 bits per heavy atom. The van der Waals surface area contributed by atoms with Crippen molar-refractivity contribution in [1.82, 2.24) is 0 Å². The number of rotatable bonds is 4. The summed E-state index contributed by atoms with van der Waals surface area (Å²) in [5, 5.41) is 9.85. The Balaban J connectivity index is 1.75. The number of hydrogen-bond donors (Lipinski definition) is 1. The average molecular weight is 479 g/mol. The molecular formula is C25H23BrN2O3. The number of hydrogen-bond acceptors (Lipinski definition) is 5. The Morgan fingerprint density at radius 1 is 1.19 bits per heavy atom. The first-order chi connectivity index (χ1) is 14.8. The van der Waals surface area contributed by atoms with Gasteiger partial charge in [0.25, 0.3) is 0 Å². The van der Waals surface area contributed by atoms with Crippen LogP contribution in [0.5, 0.6) is 5.75 Å². The van der Waals surface area contributed by atoms with E-state index < -0.39 is 5.92 Å². The van der Waals surface area contributed by atoms with Crippen LogP contribution < -0.4 is 10.5 Å². The molecule has 4 rings (SSSR count). The number of ether oxygens (including phenoxy) is 2. The summed E-state index contributed by atoms with van der Waals surface area (Å²) in [5.74, 6) is 0.616. The molecular weight excluding hydrogens is 456 g/mol. The van der Waals surface area contributed by atoms with Crippen LogP contribution in [0, 0.1) is 16.7 Å². The number of benzene rings is 2. The third-order valence-corrected chi connectivity index (χ3v) is 6.14. The first kappa shape index (κ1) is 21.2. The third-order valence-electron chi connectivity index (χ3n) is 5.61. The number of para-hydroxylation sites is 1. The summed E-state index contributed by atoms with van der Waals surface area (Å²) >= 11 is 3.43. The normalized spacial score (nSPS) is 20.1. The number of ketones is 1. The molecule has 2 aromatic carbocycles. The van der Waals surface area contributed by atoms with Crippen LogP contribution in [0.15, 0.2) is 75.8 Å². The minimum absolute atomic E-state index is 0.0146. The van der Waals surface area contributed by atoms with Gasteiger partial charge in [-0.2, -0.15) is 5.26 Å². The lowest BCUT2D eigenvalue weighted by molar-refractivity contribution is -0.119. The maximum atomic E-state index is 13.2. The molecule has 0 bridgehead atoms. The standard InChI is InChI=1S/C25H23BrN2O3/c1-25(2)11-19(29)23-21(12-25)31-24(28)18(13-27)22(23)17-5-3-4-6-20(17)30-14-15-7-9-16(26)10-8-15/h3-10,22H,11-12,14,28H2,1-2H3/t22-/m1/s1. The third kappa shape index (κ3) is 4.24. The van der Waals surface area contributed by atoms with E-state index in [1.165, 1.54) is 0 Å². The second kappa shape index (κ2) is 8.24. The Labute approximate surface area is 190 Å². The molecule has 0 unspecified atom stereocenters.